The van der Waals surface area contributed by atoms with Gasteiger partial charge in [-0.25, -0.2) is 0 Å². The Balaban J connectivity index is 2.41. The predicted molar refractivity (Wildman–Crippen MR) is 76.0 cm³/mol. The van der Waals surface area contributed by atoms with Gasteiger partial charge in [0.05, 0.1) is 11.7 Å². The van der Waals surface area contributed by atoms with Gasteiger partial charge in [0.15, 0.2) is 0 Å². The van der Waals surface area contributed by atoms with Crippen LogP contribution < -0.4 is 11.3 Å². The van der Waals surface area contributed by atoms with E-state index in [0.29, 0.717) is 0 Å². The highest BCUT2D eigenvalue weighted by Gasteiger charge is 2.13. The van der Waals surface area contributed by atoms with Crippen molar-refractivity contribution in [3.63, 3.8) is 0 Å². The number of nitrogens with two attached hydrogens (primary N) is 1. The van der Waals surface area contributed by atoms with E-state index >= 15 is 0 Å². The third kappa shape index (κ3) is 4.78. The Labute approximate surface area is 111 Å². The number of nitrogens with one attached hydrogen (secondary N) is 1. The second-order valence-corrected chi connectivity index (χ2v) is 4.90. The summed E-state index contributed by atoms with van der Waals surface area (Å²) in [6.07, 6.45) is 10.6. The van der Waals surface area contributed by atoms with Crippen LogP contribution in [0.5, 0.6) is 0 Å². The zero-order valence-corrected chi connectivity index (χ0v) is 11.9. The third-order valence-electron chi connectivity index (χ3n) is 3.34. The summed E-state index contributed by atoms with van der Waals surface area (Å²) in [5.41, 5.74) is 4.15. The molecular weight excluding hydrogens is 224 g/mol. The summed E-state index contributed by atoms with van der Waals surface area (Å²) in [6, 6.07) is 2.31. The number of aromatic nitrogens is 2. The van der Waals surface area contributed by atoms with Crippen molar-refractivity contribution in [2.24, 2.45) is 5.84 Å². The van der Waals surface area contributed by atoms with Gasteiger partial charge in [0, 0.05) is 12.7 Å². The maximum absolute atomic E-state index is 5.68. The number of hydrogen-bond acceptors (Lipinski definition) is 3. The topological polar surface area (TPSA) is 55.9 Å². The molecule has 1 heterocycles. The van der Waals surface area contributed by atoms with Crippen LogP contribution in [0.25, 0.3) is 0 Å². The zero-order chi connectivity index (χ0) is 13.2. The fourth-order valence-corrected chi connectivity index (χ4v) is 2.31. The fraction of sp³-hybridized carbons (Fsp3) is 0.786. The van der Waals surface area contributed by atoms with Crippen molar-refractivity contribution in [2.75, 3.05) is 0 Å². The summed E-state index contributed by atoms with van der Waals surface area (Å²) >= 11 is 0. The molecule has 104 valence electrons. The van der Waals surface area contributed by atoms with E-state index < -0.39 is 0 Å². The molecule has 0 aliphatic carbocycles. The van der Waals surface area contributed by atoms with Gasteiger partial charge in [-0.3, -0.25) is 16.0 Å². The molecule has 18 heavy (non-hydrogen) atoms. The lowest BCUT2D eigenvalue weighted by Gasteiger charge is -2.17. The van der Waals surface area contributed by atoms with Gasteiger partial charge in [-0.1, -0.05) is 46.0 Å². The molecule has 4 heteroatoms. The summed E-state index contributed by atoms with van der Waals surface area (Å²) in [7, 11) is 0. The molecule has 0 spiro atoms. The van der Waals surface area contributed by atoms with E-state index in [1.165, 1.54) is 37.8 Å². The summed E-state index contributed by atoms with van der Waals surface area (Å²) < 4.78 is 2.07. The van der Waals surface area contributed by atoms with Crippen molar-refractivity contribution in [3.8, 4) is 0 Å². The highest BCUT2D eigenvalue weighted by atomic mass is 15.3. The van der Waals surface area contributed by atoms with Gasteiger partial charge in [-0.15, -0.1) is 0 Å². The Morgan fingerprint density at radius 1 is 1.22 bits per heavy atom. The lowest BCUT2D eigenvalue weighted by molar-refractivity contribution is 0.437. The van der Waals surface area contributed by atoms with Crippen LogP contribution in [0.3, 0.4) is 0 Å². The van der Waals surface area contributed by atoms with E-state index in [9.17, 15) is 0 Å². The van der Waals surface area contributed by atoms with Crippen molar-refractivity contribution in [2.45, 2.75) is 71.4 Å². The third-order valence-corrected chi connectivity index (χ3v) is 3.34. The summed E-state index contributed by atoms with van der Waals surface area (Å²) in [5.74, 6) is 5.68. The minimum atomic E-state index is 0.237. The average Bonchev–Trinajstić information content (AvgIpc) is 2.83. The maximum Gasteiger partial charge on any atom is 0.0629 e. The highest BCUT2D eigenvalue weighted by Crippen LogP contribution is 2.19. The largest absolute Gasteiger partial charge is 0.271 e. The Kier molecular flexibility index (Phi) is 7.69. The molecule has 0 aliphatic heterocycles. The Morgan fingerprint density at radius 2 is 2.00 bits per heavy atom. The monoisotopic (exact) mass is 252 g/mol. The van der Waals surface area contributed by atoms with Gasteiger partial charge in [-0.2, -0.15) is 5.10 Å². The summed E-state index contributed by atoms with van der Waals surface area (Å²) in [5, 5.41) is 4.35. The van der Waals surface area contributed by atoms with E-state index in [1.807, 2.05) is 6.20 Å². The molecule has 0 radical (unpaired) electrons. The molecule has 1 rings (SSSR count). The van der Waals surface area contributed by atoms with Crippen LogP contribution in [0.2, 0.25) is 0 Å². The van der Waals surface area contributed by atoms with Gasteiger partial charge in [0.25, 0.3) is 0 Å². The quantitative estimate of drug-likeness (QED) is 0.382. The van der Waals surface area contributed by atoms with Gasteiger partial charge >= 0.3 is 0 Å². The summed E-state index contributed by atoms with van der Waals surface area (Å²) in [4.78, 5) is 0. The van der Waals surface area contributed by atoms with Gasteiger partial charge < -0.3 is 0 Å². The predicted octanol–water partition coefficient (Wildman–Crippen LogP) is 3.16. The highest BCUT2D eigenvalue weighted by molar-refractivity contribution is 5.06. The van der Waals surface area contributed by atoms with Crippen molar-refractivity contribution < 1.29 is 0 Å². The number of aryl methyl sites for hydroxylation is 1. The molecule has 0 bridgehead atoms. The van der Waals surface area contributed by atoms with Gasteiger partial charge in [0.1, 0.15) is 0 Å². The SMILES string of the molecule is CCCCCCCC(NN)c1ccnn1CCC. The lowest BCUT2D eigenvalue weighted by atomic mass is 10.0. The molecule has 0 saturated carbocycles. The number of nitrogens with zero attached hydrogens (tertiary/aromatic N) is 2. The van der Waals surface area contributed by atoms with Crippen LogP contribution in [-0.2, 0) is 6.54 Å². The summed E-state index contributed by atoms with van der Waals surface area (Å²) in [6.45, 7) is 5.38. The van der Waals surface area contributed by atoms with Gasteiger partial charge in [-0.05, 0) is 18.9 Å². The minimum Gasteiger partial charge on any atom is -0.271 e. The van der Waals surface area contributed by atoms with Crippen molar-refractivity contribution in [3.05, 3.63) is 18.0 Å². The molecule has 0 aliphatic rings. The van der Waals surface area contributed by atoms with E-state index in [4.69, 9.17) is 5.84 Å². The van der Waals surface area contributed by atoms with Crippen molar-refractivity contribution in [1.29, 1.82) is 0 Å². The Hall–Kier alpha value is -0.870. The van der Waals surface area contributed by atoms with Crippen molar-refractivity contribution >= 4 is 0 Å². The number of hydrogen-bond donors (Lipinski definition) is 2. The molecule has 0 saturated heterocycles. The van der Waals surface area contributed by atoms with Crippen LogP contribution >= 0.6 is 0 Å². The van der Waals surface area contributed by atoms with Gasteiger partial charge in [0.2, 0.25) is 0 Å². The zero-order valence-electron chi connectivity index (χ0n) is 11.9. The standard InChI is InChI=1S/C14H28N4/c1-3-5-6-7-8-9-13(17-15)14-10-11-16-18(14)12-4-2/h10-11,13,17H,3-9,12,15H2,1-2H3. The van der Waals surface area contributed by atoms with Crippen molar-refractivity contribution in [1.82, 2.24) is 15.2 Å². The first-order valence-corrected chi connectivity index (χ1v) is 7.31. The average molecular weight is 252 g/mol. The van der Waals surface area contributed by atoms with Crippen LogP contribution in [0.4, 0.5) is 0 Å². The molecule has 1 unspecified atom stereocenters. The lowest BCUT2D eigenvalue weighted by Crippen LogP contribution is -2.30. The second-order valence-electron chi connectivity index (χ2n) is 4.90. The van der Waals surface area contributed by atoms with E-state index in [2.05, 4.69) is 35.1 Å². The van der Waals surface area contributed by atoms with Crippen LogP contribution in [0, 0.1) is 0 Å². The fourth-order valence-electron chi connectivity index (χ4n) is 2.31. The first kappa shape index (κ1) is 15.2. The molecule has 1 aromatic heterocycles. The molecule has 4 nitrogen and oxygen atoms in total. The molecule has 1 atom stereocenters. The number of rotatable bonds is 10. The number of hydrazine groups is 1. The van der Waals surface area contributed by atoms with E-state index in [-0.39, 0.29) is 6.04 Å². The smallest absolute Gasteiger partial charge is 0.0629 e. The maximum atomic E-state index is 5.68. The second kappa shape index (κ2) is 9.11. The first-order valence-electron chi connectivity index (χ1n) is 7.31. The van der Waals surface area contributed by atoms with E-state index in [0.717, 1.165) is 19.4 Å². The van der Waals surface area contributed by atoms with Crippen LogP contribution in [0.1, 0.15) is 70.5 Å². The molecule has 0 amide bonds. The Morgan fingerprint density at radius 3 is 2.67 bits per heavy atom. The van der Waals surface area contributed by atoms with Crippen LogP contribution in [-0.4, -0.2) is 9.78 Å². The molecule has 3 N–H and O–H groups in total. The molecular formula is C14H28N4. The van der Waals surface area contributed by atoms with Crippen LogP contribution in [0.15, 0.2) is 12.3 Å². The minimum absolute atomic E-state index is 0.237. The molecule has 0 fully saturated rings. The molecule has 1 aromatic rings. The Bertz CT molecular complexity index is 308. The normalized spacial score (nSPS) is 12.8. The first-order chi connectivity index (χ1) is 8.83. The molecule has 0 aromatic carbocycles. The van der Waals surface area contributed by atoms with E-state index in [1.54, 1.807) is 0 Å². The number of unbranched alkanes of at least 4 members (excludes halogenated alkanes) is 4.